The van der Waals surface area contributed by atoms with Crippen LogP contribution in [0.5, 0.6) is 0 Å². The molecule has 2 nitrogen and oxygen atoms in total. The normalized spacial score (nSPS) is 10.3. The summed E-state index contributed by atoms with van der Waals surface area (Å²) in [5, 5.41) is 0. The fourth-order valence-corrected chi connectivity index (χ4v) is 1.85. The molecule has 1 aromatic carbocycles. The maximum Gasteiger partial charge on any atom is 0.254 e. The van der Waals surface area contributed by atoms with Crippen molar-refractivity contribution in [2.45, 2.75) is 0 Å². The quantitative estimate of drug-likeness (QED) is 0.525. The molecule has 92 valence electrons. The molecule has 2 heterocycles. The molecule has 5 heteroatoms. The van der Waals surface area contributed by atoms with Gasteiger partial charge < -0.3 is 12.4 Å². The third-order valence-electron chi connectivity index (χ3n) is 2.64. The van der Waals surface area contributed by atoms with Crippen molar-refractivity contribution in [3.63, 3.8) is 0 Å². The van der Waals surface area contributed by atoms with E-state index in [2.05, 4.69) is 0 Å². The number of pyridine rings is 1. The summed E-state index contributed by atoms with van der Waals surface area (Å²) in [6, 6.07) is 9.44. The van der Waals surface area contributed by atoms with Crippen LogP contribution in [0.15, 0.2) is 55.1 Å². The molecule has 0 bridgehead atoms. The molecule has 0 amide bonds. The van der Waals surface area contributed by atoms with E-state index in [0.717, 1.165) is 5.52 Å². The topological polar surface area (TPSA) is 8.29 Å². The number of rotatable bonds is 1. The van der Waals surface area contributed by atoms with E-state index in [9.17, 15) is 8.78 Å². The number of fused-ring (bicyclic) bond motifs is 1. The van der Waals surface area contributed by atoms with E-state index >= 15 is 0 Å². The zero-order chi connectivity index (χ0) is 11.8. The second-order valence-corrected chi connectivity index (χ2v) is 3.75. The third-order valence-corrected chi connectivity index (χ3v) is 2.64. The van der Waals surface area contributed by atoms with Crippen LogP contribution < -0.4 is 17.0 Å². The van der Waals surface area contributed by atoms with Crippen LogP contribution in [0.3, 0.4) is 0 Å². The van der Waals surface area contributed by atoms with Gasteiger partial charge in [0.05, 0.1) is 6.20 Å². The van der Waals surface area contributed by atoms with Crippen molar-refractivity contribution < 1.29 is 25.8 Å². The summed E-state index contributed by atoms with van der Waals surface area (Å²) in [6.07, 6.45) is 5.14. The Morgan fingerprint density at radius 1 is 0.944 bits per heavy atom. The van der Waals surface area contributed by atoms with Crippen LogP contribution in [-0.2, 0) is 0 Å². The average Bonchev–Trinajstić information content (AvgIpc) is 2.71. The molecule has 0 aliphatic heterocycles. The zero-order valence-electron chi connectivity index (χ0n) is 9.22. The summed E-state index contributed by atoms with van der Waals surface area (Å²) in [4.78, 5) is 0. The summed E-state index contributed by atoms with van der Waals surface area (Å²) in [5.74, 6) is -1.16. The summed E-state index contributed by atoms with van der Waals surface area (Å²) in [7, 11) is 0. The lowest BCUT2D eigenvalue weighted by atomic mass is 10.3. The van der Waals surface area contributed by atoms with Gasteiger partial charge in [-0.1, -0.05) is 12.1 Å². The molecule has 0 fully saturated rings. The molecule has 0 unspecified atom stereocenters. The SMILES string of the molecule is Fc1cccc(F)c1-[n+]1cc2ccccn2c1.[Cl-]. The molecule has 0 atom stereocenters. The van der Waals surface area contributed by atoms with Crippen LogP contribution >= 0.6 is 0 Å². The Hall–Kier alpha value is -1.94. The second-order valence-electron chi connectivity index (χ2n) is 3.75. The predicted octanol–water partition coefficient (Wildman–Crippen LogP) is -0.502. The Labute approximate surface area is 109 Å². The first-order valence-electron chi connectivity index (χ1n) is 5.18. The van der Waals surface area contributed by atoms with Crippen LogP contribution in [0.4, 0.5) is 8.78 Å². The van der Waals surface area contributed by atoms with Crippen molar-refractivity contribution in [1.82, 2.24) is 4.40 Å². The maximum absolute atomic E-state index is 13.6. The van der Waals surface area contributed by atoms with Gasteiger partial charge in [-0.05, 0) is 24.3 Å². The highest BCUT2D eigenvalue weighted by molar-refractivity contribution is 5.42. The fourth-order valence-electron chi connectivity index (χ4n) is 1.85. The van der Waals surface area contributed by atoms with E-state index in [-0.39, 0.29) is 18.1 Å². The number of para-hydroxylation sites is 1. The summed E-state index contributed by atoms with van der Waals surface area (Å²) < 4.78 is 30.4. The third kappa shape index (κ3) is 1.95. The number of benzene rings is 1. The first kappa shape index (κ1) is 12.5. The highest BCUT2D eigenvalue weighted by Gasteiger charge is 2.17. The first-order valence-corrected chi connectivity index (χ1v) is 5.18. The standard InChI is InChI=1S/C13H9F2N2.ClH/c14-11-5-3-6-12(15)13(11)17-8-10-4-1-2-7-16(10)9-17;/h1-9H;1H/q+1;/p-1. The Bertz CT molecular complexity index is 641. The summed E-state index contributed by atoms with van der Waals surface area (Å²) in [5.41, 5.74) is 0.811. The fraction of sp³-hybridized carbons (Fsp3) is 0. The van der Waals surface area contributed by atoms with Gasteiger partial charge in [0.15, 0.2) is 17.2 Å². The monoisotopic (exact) mass is 266 g/mol. The van der Waals surface area contributed by atoms with Crippen molar-refractivity contribution in [3.05, 3.63) is 66.8 Å². The van der Waals surface area contributed by atoms with Crippen LogP contribution in [-0.4, -0.2) is 4.40 Å². The Balaban J connectivity index is 0.00000120. The van der Waals surface area contributed by atoms with E-state index < -0.39 is 11.6 Å². The van der Waals surface area contributed by atoms with Crippen molar-refractivity contribution >= 4 is 5.52 Å². The molecule has 0 aliphatic carbocycles. The Morgan fingerprint density at radius 3 is 2.33 bits per heavy atom. The number of hydrogen-bond acceptors (Lipinski definition) is 0. The van der Waals surface area contributed by atoms with Gasteiger partial charge in [-0.25, -0.2) is 13.2 Å². The van der Waals surface area contributed by atoms with Gasteiger partial charge >= 0.3 is 0 Å². The van der Waals surface area contributed by atoms with Crippen molar-refractivity contribution in [3.8, 4) is 5.69 Å². The number of halogens is 3. The molecular formula is C13H9ClF2N2. The zero-order valence-corrected chi connectivity index (χ0v) is 9.98. The summed E-state index contributed by atoms with van der Waals surface area (Å²) in [6.45, 7) is 0. The molecule has 0 N–H and O–H groups in total. The van der Waals surface area contributed by atoms with Crippen LogP contribution in [0, 0.1) is 11.6 Å². The second kappa shape index (κ2) is 4.74. The minimum Gasteiger partial charge on any atom is -1.00 e. The van der Waals surface area contributed by atoms with Gasteiger partial charge in [-0.3, -0.25) is 0 Å². The number of aromatic nitrogens is 2. The molecular weight excluding hydrogens is 258 g/mol. The van der Waals surface area contributed by atoms with Gasteiger partial charge in [0, 0.05) is 0 Å². The lowest BCUT2D eigenvalue weighted by molar-refractivity contribution is -0.598. The molecule has 0 radical (unpaired) electrons. The predicted molar refractivity (Wildman–Crippen MR) is 58.8 cm³/mol. The Morgan fingerprint density at radius 2 is 1.67 bits per heavy atom. The average molecular weight is 267 g/mol. The van der Waals surface area contributed by atoms with Gasteiger partial charge in [0.1, 0.15) is 6.20 Å². The molecule has 0 saturated heterocycles. The maximum atomic E-state index is 13.6. The molecule has 0 aliphatic rings. The minimum atomic E-state index is -0.578. The highest BCUT2D eigenvalue weighted by atomic mass is 35.5. The molecule has 3 rings (SSSR count). The van der Waals surface area contributed by atoms with Crippen molar-refractivity contribution in [2.24, 2.45) is 0 Å². The summed E-state index contributed by atoms with van der Waals surface area (Å²) >= 11 is 0. The van der Waals surface area contributed by atoms with Crippen LogP contribution in [0.25, 0.3) is 11.2 Å². The number of imidazole rings is 1. The molecule has 3 aromatic rings. The molecule has 0 spiro atoms. The van der Waals surface area contributed by atoms with Crippen molar-refractivity contribution in [1.29, 1.82) is 0 Å². The lowest BCUT2D eigenvalue weighted by Gasteiger charge is -1.98. The number of nitrogens with zero attached hydrogens (tertiary/aromatic N) is 2. The smallest absolute Gasteiger partial charge is 0.254 e. The highest BCUT2D eigenvalue weighted by Crippen LogP contribution is 2.12. The van der Waals surface area contributed by atoms with Gasteiger partial charge in [0.2, 0.25) is 5.69 Å². The van der Waals surface area contributed by atoms with E-state index in [1.807, 2.05) is 24.4 Å². The van der Waals surface area contributed by atoms with Crippen LogP contribution in [0.1, 0.15) is 0 Å². The molecule has 0 saturated carbocycles. The van der Waals surface area contributed by atoms with Gasteiger partial charge in [0.25, 0.3) is 6.33 Å². The Kier molecular flexibility index (Phi) is 3.30. The van der Waals surface area contributed by atoms with Crippen LogP contribution in [0.2, 0.25) is 0 Å². The van der Waals surface area contributed by atoms with E-state index in [0.29, 0.717) is 0 Å². The van der Waals surface area contributed by atoms with Crippen molar-refractivity contribution in [2.75, 3.05) is 0 Å². The van der Waals surface area contributed by atoms with Gasteiger partial charge in [-0.2, -0.15) is 4.57 Å². The molecule has 2 aromatic heterocycles. The molecule has 18 heavy (non-hydrogen) atoms. The van der Waals surface area contributed by atoms with Gasteiger partial charge in [-0.15, -0.1) is 0 Å². The van der Waals surface area contributed by atoms with E-state index in [1.165, 1.54) is 22.8 Å². The van der Waals surface area contributed by atoms with E-state index in [1.54, 1.807) is 16.9 Å². The minimum absolute atomic E-state index is 0. The largest absolute Gasteiger partial charge is 1.00 e. The lowest BCUT2D eigenvalue weighted by Crippen LogP contribution is -3.00. The first-order chi connectivity index (χ1) is 8.25. The number of hydrogen-bond donors (Lipinski definition) is 0. The van der Waals surface area contributed by atoms with E-state index in [4.69, 9.17) is 0 Å².